The summed E-state index contributed by atoms with van der Waals surface area (Å²) >= 11 is 0. The maximum atomic E-state index is 6.37. The van der Waals surface area contributed by atoms with E-state index in [1.165, 1.54) is 27.4 Å². The lowest BCUT2D eigenvalue weighted by molar-refractivity contribution is 0.670. The van der Waals surface area contributed by atoms with Crippen LogP contribution in [0.15, 0.2) is 186 Å². The first-order chi connectivity index (χ1) is 26.8. The molecule has 4 heterocycles. The Morgan fingerprint density at radius 3 is 1.91 bits per heavy atom. The second-order valence-electron chi connectivity index (χ2n) is 14.0. The molecule has 0 amide bonds. The van der Waals surface area contributed by atoms with Gasteiger partial charge in [0.05, 0.1) is 33.1 Å². The summed E-state index contributed by atoms with van der Waals surface area (Å²) in [6.45, 7) is 0. The molecule has 0 radical (unpaired) electrons. The fraction of sp³-hybridized carbons (Fsp3) is 0. The molecule has 0 saturated heterocycles. The number of fused-ring (bicyclic) bond motifs is 11. The van der Waals surface area contributed by atoms with E-state index in [4.69, 9.17) is 9.40 Å². The Morgan fingerprint density at radius 1 is 0.389 bits per heavy atom. The van der Waals surface area contributed by atoms with E-state index in [0.717, 1.165) is 77.8 Å². The number of benzene rings is 8. The number of furan rings is 1. The number of hydrogen-bond acceptors (Lipinski definition) is 2. The van der Waals surface area contributed by atoms with Crippen LogP contribution >= 0.6 is 0 Å². The fourth-order valence-corrected chi connectivity index (χ4v) is 8.61. The highest BCUT2D eigenvalue weighted by Gasteiger charge is 2.19. The third kappa shape index (κ3) is 4.12. The molecule has 5 heteroatoms. The minimum Gasteiger partial charge on any atom is -0.455 e. The molecule has 54 heavy (non-hydrogen) atoms. The molecule has 0 aliphatic heterocycles. The molecule has 0 bridgehead atoms. The van der Waals surface area contributed by atoms with Crippen molar-refractivity contribution in [1.29, 1.82) is 0 Å². The maximum Gasteiger partial charge on any atom is 0.220 e. The van der Waals surface area contributed by atoms with Crippen LogP contribution in [0.3, 0.4) is 0 Å². The summed E-state index contributed by atoms with van der Waals surface area (Å²) < 4.78 is 13.3. The second-order valence-corrected chi connectivity index (χ2v) is 14.0. The lowest BCUT2D eigenvalue weighted by Crippen LogP contribution is -1.95. The van der Waals surface area contributed by atoms with Gasteiger partial charge in [-0.2, -0.15) is 0 Å². The Balaban J connectivity index is 1.00. The molecule has 252 valence electrons. The van der Waals surface area contributed by atoms with Crippen molar-refractivity contribution in [1.82, 2.24) is 18.5 Å². The first-order valence-electron chi connectivity index (χ1n) is 18.3. The largest absolute Gasteiger partial charge is 0.455 e. The zero-order chi connectivity index (χ0) is 35.3. The van der Waals surface area contributed by atoms with Gasteiger partial charge in [0.25, 0.3) is 0 Å². The second kappa shape index (κ2) is 11.1. The van der Waals surface area contributed by atoms with Crippen LogP contribution in [0.1, 0.15) is 0 Å². The van der Waals surface area contributed by atoms with Crippen molar-refractivity contribution < 1.29 is 4.42 Å². The summed E-state index contributed by atoms with van der Waals surface area (Å²) in [6.07, 6.45) is 0. The number of nitrogens with zero attached hydrogens (tertiary/aromatic N) is 4. The summed E-state index contributed by atoms with van der Waals surface area (Å²) in [7, 11) is 0. The van der Waals surface area contributed by atoms with E-state index < -0.39 is 0 Å². The Kier molecular flexibility index (Phi) is 5.99. The highest BCUT2D eigenvalue weighted by atomic mass is 16.3. The third-order valence-corrected chi connectivity index (χ3v) is 11.1. The molecule has 0 aliphatic rings. The number of rotatable bonds is 4. The summed E-state index contributed by atoms with van der Waals surface area (Å²) in [5, 5.41) is 4.73. The predicted octanol–water partition coefficient (Wildman–Crippen LogP) is 12.8. The fourth-order valence-electron chi connectivity index (χ4n) is 8.61. The Labute approximate surface area is 309 Å². The quantitative estimate of drug-likeness (QED) is 0.184. The standard InChI is InChI=1S/C49H30N4O/c1-2-11-34(12-3-1)52-46-30-33(24-28-45(46)53-44-19-8-6-17-41(44)50-49(52)53)32-23-27-43-40(29-32)37-13-4-7-18-42(37)51(43)35-25-21-31(22-26-35)36-15-10-16-39-38-14-5-9-20-47(38)54-48(36)39/h1-30H. The van der Waals surface area contributed by atoms with Gasteiger partial charge in [0.1, 0.15) is 11.2 Å². The first-order valence-corrected chi connectivity index (χ1v) is 18.3. The SMILES string of the molecule is c1ccc(-n2c3cc(-c4ccc5c(c4)c4ccccc4n5-c4ccc(-c5cccc6c5oc5ccccc56)cc4)ccc3n3c4ccccc4nc23)cc1. The van der Waals surface area contributed by atoms with Crippen molar-refractivity contribution >= 4 is 71.6 Å². The molecule has 0 unspecified atom stereocenters. The van der Waals surface area contributed by atoms with Gasteiger partial charge in [-0.25, -0.2) is 4.98 Å². The van der Waals surface area contributed by atoms with Gasteiger partial charge in [0.2, 0.25) is 5.78 Å². The monoisotopic (exact) mass is 690 g/mol. The maximum absolute atomic E-state index is 6.37. The zero-order valence-electron chi connectivity index (χ0n) is 29.0. The number of aromatic nitrogens is 4. The van der Waals surface area contributed by atoms with Crippen molar-refractivity contribution in [3.8, 4) is 33.6 Å². The summed E-state index contributed by atoms with van der Waals surface area (Å²) in [5.41, 5.74) is 15.3. The highest BCUT2D eigenvalue weighted by Crippen LogP contribution is 2.39. The van der Waals surface area contributed by atoms with Crippen molar-refractivity contribution in [2.24, 2.45) is 0 Å². The van der Waals surface area contributed by atoms with E-state index >= 15 is 0 Å². The van der Waals surface area contributed by atoms with Crippen LogP contribution < -0.4 is 0 Å². The zero-order valence-corrected chi connectivity index (χ0v) is 29.0. The Bertz CT molecular complexity index is 3430. The molecule has 0 aliphatic carbocycles. The van der Waals surface area contributed by atoms with Crippen LogP contribution in [-0.2, 0) is 0 Å². The van der Waals surface area contributed by atoms with Crippen molar-refractivity contribution in [3.05, 3.63) is 182 Å². The molecule has 0 spiro atoms. The van der Waals surface area contributed by atoms with Crippen LogP contribution in [0.2, 0.25) is 0 Å². The average Bonchev–Trinajstić information content (AvgIpc) is 3.98. The summed E-state index contributed by atoms with van der Waals surface area (Å²) in [6, 6.07) is 64.8. The van der Waals surface area contributed by atoms with Gasteiger partial charge in [-0.3, -0.25) is 8.97 Å². The van der Waals surface area contributed by atoms with E-state index in [-0.39, 0.29) is 0 Å². The molecular formula is C49H30N4O. The molecule has 0 saturated carbocycles. The van der Waals surface area contributed by atoms with Gasteiger partial charge in [-0.15, -0.1) is 0 Å². The lowest BCUT2D eigenvalue weighted by Gasteiger charge is -2.10. The highest BCUT2D eigenvalue weighted by molar-refractivity contribution is 6.11. The van der Waals surface area contributed by atoms with Crippen LogP contribution in [0.25, 0.3) is 105 Å². The minimum atomic E-state index is 0.911. The van der Waals surface area contributed by atoms with Gasteiger partial charge in [0, 0.05) is 38.5 Å². The minimum absolute atomic E-state index is 0.911. The molecule has 12 rings (SSSR count). The van der Waals surface area contributed by atoms with E-state index in [1.807, 2.05) is 18.2 Å². The van der Waals surface area contributed by atoms with Gasteiger partial charge in [0.15, 0.2) is 0 Å². The summed E-state index contributed by atoms with van der Waals surface area (Å²) in [4.78, 5) is 5.10. The first kappa shape index (κ1) is 29.2. The van der Waals surface area contributed by atoms with Crippen molar-refractivity contribution in [2.45, 2.75) is 0 Å². The van der Waals surface area contributed by atoms with Gasteiger partial charge in [-0.05, 0) is 89.5 Å². The molecule has 8 aromatic carbocycles. The van der Waals surface area contributed by atoms with Crippen molar-refractivity contribution in [3.63, 3.8) is 0 Å². The predicted molar refractivity (Wildman–Crippen MR) is 222 cm³/mol. The van der Waals surface area contributed by atoms with Gasteiger partial charge in [-0.1, -0.05) is 109 Å². The molecule has 12 aromatic rings. The molecular weight excluding hydrogens is 661 g/mol. The van der Waals surface area contributed by atoms with Crippen LogP contribution in [0.4, 0.5) is 0 Å². The van der Waals surface area contributed by atoms with Crippen LogP contribution in [0.5, 0.6) is 0 Å². The van der Waals surface area contributed by atoms with E-state index in [0.29, 0.717) is 0 Å². The van der Waals surface area contributed by atoms with Crippen LogP contribution in [-0.4, -0.2) is 18.5 Å². The van der Waals surface area contributed by atoms with E-state index in [1.54, 1.807) is 0 Å². The normalized spacial score (nSPS) is 12.1. The number of para-hydroxylation sites is 6. The van der Waals surface area contributed by atoms with Gasteiger partial charge >= 0.3 is 0 Å². The Hall–Kier alpha value is -7.37. The molecule has 5 nitrogen and oxygen atoms in total. The van der Waals surface area contributed by atoms with E-state index in [9.17, 15) is 0 Å². The topological polar surface area (TPSA) is 40.3 Å². The molecule has 0 atom stereocenters. The van der Waals surface area contributed by atoms with Gasteiger partial charge < -0.3 is 8.98 Å². The van der Waals surface area contributed by atoms with E-state index in [2.05, 4.69) is 177 Å². The average molecular weight is 691 g/mol. The summed E-state index contributed by atoms with van der Waals surface area (Å²) in [5.74, 6) is 0.911. The molecule has 4 aromatic heterocycles. The third-order valence-electron chi connectivity index (χ3n) is 11.1. The molecule has 0 fully saturated rings. The lowest BCUT2D eigenvalue weighted by atomic mass is 10.0. The Morgan fingerprint density at radius 2 is 1.04 bits per heavy atom. The number of imidazole rings is 2. The smallest absolute Gasteiger partial charge is 0.220 e. The molecule has 0 N–H and O–H groups in total. The number of hydrogen-bond donors (Lipinski definition) is 0. The van der Waals surface area contributed by atoms with Crippen molar-refractivity contribution in [2.75, 3.05) is 0 Å². The van der Waals surface area contributed by atoms with Crippen LogP contribution in [0, 0.1) is 0 Å².